The van der Waals surface area contributed by atoms with E-state index in [0.717, 1.165) is 0 Å². The fourth-order valence-corrected chi connectivity index (χ4v) is 1.22. The van der Waals surface area contributed by atoms with Crippen LogP contribution in [-0.4, -0.2) is 29.7 Å². The monoisotopic (exact) mass is 244 g/mol. The molecule has 0 aliphatic rings. The molecule has 2 amide bonds. The zero-order valence-corrected chi connectivity index (χ0v) is 11.3. The molecule has 0 bridgehead atoms. The standard InChI is InChI=1S/C12H24N2O3/c1-6-8(2)9(10(15)16)14-11(17)13-7-12(3,4)5/h8-9H,6-7H2,1-5H3,(H,15,16)(H2,13,14,17)/t8?,9-/m0/s1. The first-order valence-electron chi connectivity index (χ1n) is 5.94. The molecule has 0 heterocycles. The van der Waals surface area contributed by atoms with Crippen LogP contribution in [0.15, 0.2) is 0 Å². The third kappa shape index (κ3) is 6.81. The number of urea groups is 1. The molecule has 0 aromatic carbocycles. The molecule has 0 aliphatic carbocycles. The summed E-state index contributed by atoms with van der Waals surface area (Å²) >= 11 is 0. The summed E-state index contributed by atoms with van der Waals surface area (Å²) in [5.74, 6) is -1.09. The van der Waals surface area contributed by atoms with E-state index in [4.69, 9.17) is 5.11 Å². The van der Waals surface area contributed by atoms with E-state index >= 15 is 0 Å². The van der Waals surface area contributed by atoms with Gasteiger partial charge in [0.15, 0.2) is 0 Å². The second kappa shape index (κ2) is 6.47. The lowest BCUT2D eigenvalue weighted by atomic mass is 9.97. The van der Waals surface area contributed by atoms with E-state index in [1.54, 1.807) is 0 Å². The molecule has 5 heteroatoms. The van der Waals surface area contributed by atoms with Crippen molar-refractivity contribution < 1.29 is 14.7 Å². The topological polar surface area (TPSA) is 78.4 Å². The van der Waals surface area contributed by atoms with E-state index in [0.29, 0.717) is 13.0 Å². The number of hydrogen-bond donors (Lipinski definition) is 3. The molecule has 100 valence electrons. The van der Waals surface area contributed by atoms with Crippen LogP contribution in [0.25, 0.3) is 0 Å². The molecule has 0 radical (unpaired) electrons. The summed E-state index contributed by atoms with van der Waals surface area (Å²) in [4.78, 5) is 22.5. The minimum absolute atomic E-state index is 0.0214. The summed E-state index contributed by atoms with van der Waals surface area (Å²) in [7, 11) is 0. The molecule has 0 rings (SSSR count). The average Bonchev–Trinajstić information content (AvgIpc) is 2.20. The molecule has 0 fully saturated rings. The van der Waals surface area contributed by atoms with Crippen LogP contribution in [0.4, 0.5) is 4.79 Å². The van der Waals surface area contributed by atoms with E-state index in [1.165, 1.54) is 0 Å². The zero-order valence-electron chi connectivity index (χ0n) is 11.3. The first-order chi connectivity index (χ1) is 7.67. The Hall–Kier alpha value is -1.26. The number of carboxylic acids is 1. The first-order valence-corrected chi connectivity index (χ1v) is 5.94. The van der Waals surface area contributed by atoms with Crippen molar-refractivity contribution in [2.75, 3.05) is 6.54 Å². The molecule has 0 spiro atoms. The summed E-state index contributed by atoms with van der Waals surface area (Å²) in [5, 5.41) is 14.2. The van der Waals surface area contributed by atoms with Crippen molar-refractivity contribution >= 4 is 12.0 Å². The van der Waals surface area contributed by atoms with E-state index in [1.807, 2.05) is 34.6 Å². The minimum atomic E-state index is -0.995. The quantitative estimate of drug-likeness (QED) is 0.690. The summed E-state index contributed by atoms with van der Waals surface area (Å²) < 4.78 is 0. The predicted octanol–water partition coefficient (Wildman–Crippen LogP) is 1.83. The van der Waals surface area contributed by atoms with Crippen LogP contribution in [0.2, 0.25) is 0 Å². The lowest BCUT2D eigenvalue weighted by Gasteiger charge is -2.23. The highest BCUT2D eigenvalue weighted by atomic mass is 16.4. The van der Waals surface area contributed by atoms with E-state index < -0.39 is 18.0 Å². The highest BCUT2D eigenvalue weighted by Gasteiger charge is 2.25. The fourth-order valence-electron chi connectivity index (χ4n) is 1.22. The largest absolute Gasteiger partial charge is 0.480 e. The van der Waals surface area contributed by atoms with Crippen molar-refractivity contribution in [3.63, 3.8) is 0 Å². The first kappa shape index (κ1) is 15.7. The van der Waals surface area contributed by atoms with Crippen LogP contribution in [0.5, 0.6) is 0 Å². The molecule has 5 nitrogen and oxygen atoms in total. The molecular formula is C12H24N2O3. The lowest BCUT2D eigenvalue weighted by Crippen LogP contribution is -2.50. The van der Waals surface area contributed by atoms with Gasteiger partial charge in [-0.2, -0.15) is 0 Å². The Morgan fingerprint density at radius 2 is 1.82 bits per heavy atom. The van der Waals surface area contributed by atoms with Gasteiger partial charge in [0.25, 0.3) is 0 Å². The number of aliphatic carboxylic acids is 1. The molecule has 0 aromatic heterocycles. The van der Waals surface area contributed by atoms with Gasteiger partial charge in [-0.3, -0.25) is 0 Å². The SMILES string of the molecule is CCC(C)[C@H](NC(=O)NCC(C)(C)C)C(=O)O. The van der Waals surface area contributed by atoms with Crippen molar-refractivity contribution in [2.45, 2.75) is 47.1 Å². The number of carboxylic acid groups (broad SMARTS) is 1. The second-order valence-electron chi connectivity index (χ2n) is 5.59. The molecule has 0 aromatic rings. The van der Waals surface area contributed by atoms with Crippen LogP contribution < -0.4 is 10.6 Å². The fraction of sp³-hybridized carbons (Fsp3) is 0.833. The van der Waals surface area contributed by atoms with Gasteiger partial charge >= 0.3 is 12.0 Å². The minimum Gasteiger partial charge on any atom is -0.480 e. The van der Waals surface area contributed by atoms with E-state index in [2.05, 4.69) is 10.6 Å². The number of carbonyl (C=O) groups is 2. The highest BCUT2D eigenvalue weighted by molar-refractivity contribution is 5.82. The maximum atomic E-state index is 11.5. The van der Waals surface area contributed by atoms with Crippen LogP contribution in [0.3, 0.4) is 0 Å². The Labute approximate surface area is 103 Å². The van der Waals surface area contributed by atoms with Crippen LogP contribution >= 0.6 is 0 Å². The second-order valence-corrected chi connectivity index (χ2v) is 5.59. The highest BCUT2D eigenvalue weighted by Crippen LogP contribution is 2.10. The van der Waals surface area contributed by atoms with Gasteiger partial charge in [0, 0.05) is 6.54 Å². The van der Waals surface area contributed by atoms with E-state index in [9.17, 15) is 9.59 Å². The van der Waals surface area contributed by atoms with Gasteiger partial charge in [-0.25, -0.2) is 9.59 Å². The summed E-state index contributed by atoms with van der Waals surface area (Å²) in [5.41, 5.74) is -0.0214. The van der Waals surface area contributed by atoms with Crippen LogP contribution in [0, 0.1) is 11.3 Å². The summed E-state index contributed by atoms with van der Waals surface area (Å²) in [6, 6.07) is -1.26. The smallest absolute Gasteiger partial charge is 0.326 e. The van der Waals surface area contributed by atoms with Crippen LogP contribution in [0.1, 0.15) is 41.0 Å². The number of nitrogens with one attached hydrogen (secondary N) is 2. The zero-order chi connectivity index (χ0) is 13.6. The summed E-state index contributed by atoms with van der Waals surface area (Å²) in [6.45, 7) is 10.2. The van der Waals surface area contributed by atoms with Gasteiger partial charge in [0.1, 0.15) is 6.04 Å². The molecule has 2 atom stereocenters. The molecule has 1 unspecified atom stereocenters. The Balaban J connectivity index is 4.28. The Bertz CT molecular complexity index is 271. The molecule has 17 heavy (non-hydrogen) atoms. The number of carbonyl (C=O) groups excluding carboxylic acids is 1. The van der Waals surface area contributed by atoms with E-state index in [-0.39, 0.29) is 11.3 Å². The van der Waals surface area contributed by atoms with Crippen molar-refractivity contribution in [1.82, 2.24) is 10.6 Å². The van der Waals surface area contributed by atoms with Crippen molar-refractivity contribution in [1.29, 1.82) is 0 Å². The van der Waals surface area contributed by atoms with Crippen molar-refractivity contribution in [3.05, 3.63) is 0 Å². The third-order valence-electron chi connectivity index (χ3n) is 2.54. The van der Waals surface area contributed by atoms with Gasteiger partial charge in [-0.05, 0) is 11.3 Å². The molecule has 3 N–H and O–H groups in total. The average molecular weight is 244 g/mol. The van der Waals surface area contributed by atoms with Gasteiger partial charge < -0.3 is 15.7 Å². The Morgan fingerprint density at radius 3 is 2.18 bits per heavy atom. The Morgan fingerprint density at radius 1 is 1.29 bits per heavy atom. The molecule has 0 saturated carbocycles. The third-order valence-corrected chi connectivity index (χ3v) is 2.54. The maximum Gasteiger partial charge on any atom is 0.326 e. The number of hydrogen-bond acceptors (Lipinski definition) is 2. The van der Waals surface area contributed by atoms with Gasteiger partial charge in [-0.15, -0.1) is 0 Å². The number of amides is 2. The van der Waals surface area contributed by atoms with Gasteiger partial charge in [-0.1, -0.05) is 41.0 Å². The summed E-state index contributed by atoms with van der Waals surface area (Å²) in [6.07, 6.45) is 0.705. The predicted molar refractivity (Wildman–Crippen MR) is 66.9 cm³/mol. The van der Waals surface area contributed by atoms with Crippen molar-refractivity contribution in [3.8, 4) is 0 Å². The number of rotatable bonds is 5. The molecular weight excluding hydrogens is 220 g/mol. The van der Waals surface area contributed by atoms with Gasteiger partial charge in [0.05, 0.1) is 0 Å². The van der Waals surface area contributed by atoms with Crippen molar-refractivity contribution in [2.24, 2.45) is 11.3 Å². The molecule has 0 aliphatic heterocycles. The molecule has 0 saturated heterocycles. The Kier molecular flexibility index (Phi) is 5.99. The lowest BCUT2D eigenvalue weighted by molar-refractivity contribution is -0.140. The maximum absolute atomic E-state index is 11.5. The normalized spacial score (nSPS) is 14.9. The van der Waals surface area contributed by atoms with Gasteiger partial charge in [0.2, 0.25) is 0 Å². The van der Waals surface area contributed by atoms with Crippen LogP contribution in [-0.2, 0) is 4.79 Å².